The maximum atomic E-state index is 13.6. The Hall–Kier alpha value is -2.10. The molecule has 2 aromatic carbocycles. The van der Waals surface area contributed by atoms with Gasteiger partial charge in [-0.05, 0) is 36.2 Å². The molecule has 0 unspecified atom stereocenters. The van der Waals surface area contributed by atoms with Gasteiger partial charge in [0.25, 0.3) is 0 Å². The van der Waals surface area contributed by atoms with Crippen LogP contribution in [0, 0.1) is 17.5 Å². The van der Waals surface area contributed by atoms with Crippen molar-refractivity contribution in [1.29, 1.82) is 0 Å². The zero-order valence-electron chi connectivity index (χ0n) is 9.51. The van der Waals surface area contributed by atoms with Crippen molar-refractivity contribution in [3.63, 3.8) is 0 Å². The van der Waals surface area contributed by atoms with Crippen molar-refractivity contribution < 1.29 is 18.0 Å². The molecule has 0 aliphatic heterocycles. The molecule has 0 aliphatic carbocycles. The molecule has 4 heteroatoms. The van der Waals surface area contributed by atoms with E-state index in [-0.39, 0.29) is 16.7 Å². The topological polar surface area (TPSA) is 17.1 Å². The molecule has 1 nitrogen and oxygen atoms in total. The first-order valence-corrected chi connectivity index (χ1v) is 5.25. The van der Waals surface area contributed by atoms with E-state index < -0.39 is 23.2 Å². The molecule has 0 spiro atoms. The minimum absolute atomic E-state index is 0.136. The number of Topliss-reactive ketones (excluding diaryl/α,β-unsaturated/α-hetero) is 1. The largest absolute Gasteiger partial charge is 0.294 e. The van der Waals surface area contributed by atoms with Crippen LogP contribution in [0.15, 0.2) is 36.4 Å². The van der Waals surface area contributed by atoms with Gasteiger partial charge in [-0.1, -0.05) is 12.1 Å². The minimum Gasteiger partial charge on any atom is -0.294 e. The second-order valence-electron chi connectivity index (χ2n) is 3.88. The van der Waals surface area contributed by atoms with E-state index in [1.165, 1.54) is 19.1 Å². The van der Waals surface area contributed by atoms with Crippen LogP contribution < -0.4 is 0 Å². The summed E-state index contributed by atoms with van der Waals surface area (Å²) in [4.78, 5) is 11.4. The van der Waals surface area contributed by atoms with E-state index >= 15 is 0 Å². The van der Waals surface area contributed by atoms with Crippen LogP contribution in [0.2, 0.25) is 0 Å². The highest BCUT2D eigenvalue weighted by Crippen LogP contribution is 2.27. The number of carbonyl (C=O) groups excluding carboxylic acids is 1. The molecule has 0 saturated carbocycles. The third-order valence-corrected chi connectivity index (χ3v) is 2.54. The number of ketones is 1. The normalized spacial score (nSPS) is 10.4. The molecule has 0 radical (unpaired) electrons. The Labute approximate surface area is 102 Å². The van der Waals surface area contributed by atoms with E-state index in [0.717, 1.165) is 24.3 Å². The lowest BCUT2D eigenvalue weighted by molar-refractivity contribution is 0.101. The number of rotatable bonds is 2. The molecule has 0 fully saturated rings. The molecule has 0 amide bonds. The van der Waals surface area contributed by atoms with Gasteiger partial charge in [0.05, 0.1) is 5.56 Å². The van der Waals surface area contributed by atoms with Crippen molar-refractivity contribution in [1.82, 2.24) is 0 Å². The molecular weight excluding hydrogens is 241 g/mol. The quantitative estimate of drug-likeness (QED) is 0.737. The van der Waals surface area contributed by atoms with Crippen LogP contribution in [0.5, 0.6) is 0 Å². The van der Waals surface area contributed by atoms with Gasteiger partial charge in [-0.15, -0.1) is 0 Å². The van der Waals surface area contributed by atoms with Gasteiger partial charge in [0.1, 0.15) is 17.5 Å². The molecule has 92 valence electrons. The van der Waals surface area contributed by atoms with E-state index in [9.17, 15) is 18.0 Å². The Morgan fingerprint density at radius 1 is 1.00 bits per heavy atom. The van der Waals surface area contributed by atoms with Gasteiger partial charge < -0.3 is 0 Å². The Morgan fingerprint density at radius 3 is 2.17 bits per heavy atom. The average molecular weight is 250 g/mol. The summed E-state index contributed by atoms with van der Waals surface area (Å²) >= 11 is 0. The zero-order valence-corrected chi connectivity index (χ0v) is 9.51. The van der Waals surface area contributed by atoms with E-state index in [1.807, 2.05) is 0 Å². The number of benzene rings is 2. The monoisotopic (exact) mass is 250 g/mol. The first-order valence-electron chi connectivity index (χ1n) is 5.25. The predicted molar refractivity (Wildman–Crippen MR) is 61.8 cm³/mol. The summed E-state index contributed by atoms with van der Waals surface area (Å²) in [6.07, 6.45) is 0. The number of hydrogen-bond acceptors (Lipinski definition) is 1. The molecule has 0 atom stereocenters. The Balaban J connectivity index is 2.71. The highest BCUT2D eigenvalue weighted by Gasteiger charge is 2.15. The second-order valence-corrected chi connectivity index (χ2v) is 3.88. The highest BCUT2D eigenvalue weighted by atomic mass is 19.1. The van der Waals surface area contributed by atoms with E-state index in [0.29, 0.717) is 0 Å². The summed E-state index contributed by atoms with van der Waals surface area (Å²) in [6, 6.07) is 6.81. The summed E-state index contributed by atoms with van der Waals surface area (Å²) in [5, 5.41) is 0. The fourth-order valence-electron chi connectivity index (χ4n) is 1.83. The van der Waals surface area contributed by atoms with Crippen molar-refractivity contribution in [2.24, 2.45) is 0 Å². The van der Waals surface area contributed by atoms with Crippen molar-refractivity contribution in [3.05, 3.63) is 59.4 Å². The predicted octanol–water partition coefficient (Wildman–Crippen LogP) is 3.97. The van der Waals surface area contributed by atoms with Crippen LogP contribution in [0.3, 0.4) is 0 Å². The molecule has 0 bridgehead atoms. The Kier molecular flexibility index (Phi) is 3.19. The summed E-state index contributed by atoms with van der Waals surface area (Å²) < 4.78 is 39.8. The lowest BCUT2D eigenvalue weighted by atomic mass is 9.97. The lowest BCUT2D eigenvalue weighted by Crippen LogP contribution is -2.00. The van der Waals surface area contributed by atoms with Crippen LogP contribution in [0.4, 0.5) is 13.2 Å². The Morgan fingerprint density at radius 2 is 1.61 bits per heavy atom. The second kappa shape index (κ2) is 4.64. The molecule has 18 heavy (non-hydrogen) atoms. The SMILES string of the molecule is CC(=O)c1c(F)cccc1-c1cc(F)cc(F)c1. The first-order chi connectivity index (χ1) is 8.49. The van der Waals surface area contributed by atoms with Crippen LogP contribution in [0.1, 0.15) is 17.3 Å². The zero-order chi connectivity index (χ0) is 13.3. The number of hydrogen-bond donors (Lipinski definition) is 0. The average Bonchev–Trinajstić information content (AvgIpc) is 2.26. The van der Waals surface area contributed by atoms with Crippen LogP contribution in [-0.4, -0.2) is 5.78 Å². The van der Waals surface area contributed by atoms with Gasteiger partial charge in [0.15, 0.2) is 5.78 Å². The van der Waals surface area contributed by atoms with Gasteiger partial charge in [0.2, 0.25) is 0 Å². The molecule has 2 aromatic rings. The standard InChI is InChI=1S/C14H9F3O/c1-8(18)14-12(3-2-4-13(14)17)9-5-10(15)7-11(16)6-9/h2-7H,1H3. The van der Waals surface area contributed by atoms with E-state index in [4.69, 9.17) is 0 Å². The fraction of sp³-hybridized carbons (Fsp3) is 0.0714. The molecule has 0 heterocycles. The van der Waals surface area contributed by atoms with Crippen LogP contribution in [-0.2, 0) is 0 Å². The number of halogens is 3. The summed E-state index contributed by atoms with van der Waals surface area (Å²) in [7, 11) is 0. The third kappa shape index (κ3) is 2.27. The minimum atomic E-state index is -0.774. The molecule has 0 aromatic heterocycles. The summed E-state index contributed by atoms with van der Waals surface area (Å²) in [6.45, 7) is 1.21. The first kappa shape index (κ1) is 12.4. The lowest BCUT2D eigenvalue weighted by Gasteiger charge is -2.08. The summed E-state index contributed by atoms with van der Waals surface area (Å²) in [5.74, 6) is -2.75. The Bertz CT molecular complexity index is 600. The van der Waals surface area contributed by atoms with E-state index in [2.05, 4.69) is 0 Å². The van der Waals surface area contributed by atoms with Crippen molar-refractivity contribution >= 4 is 5.78 Å². The highest BCUT2D eigenvalue weighted by molar-refractivity contribution is 6.01. The fourth-order valence-corrected chi connectivity index (χ4v) is 1.83. The molecule has 0 aliphatic rings. The van der Waals surface area contributed by atoms with Crippen LogP contribution in [0.25, 0.3) is 11.1 Å². The van der Waals surface area contributed by atoms with Crippen LogP contribution >= 0.6 is 0 Å². The molecule has 0 N–H and O–H groups in total. The third-order valence-electron chi connectivity index (χ3n) is 2.54. The smallest absolute Gasteiger partial charge is 0.163 e. The van der Waals surface area contributed by atoms with Gasteiger partial charge in [0, 0.05) is 6.07 Å². The van der Waals surface area contributed by atoms with Crippen molar-refractivity contribution in [3.8, 4) is 11.1 Å². The van der Waals surface area contributed by atoms with E-state index in [1.54, 1.807) is 0 Å². The maximum Gasteiger partial charge on any atom is 0.163 e. The van der Waals surface area contributed by atoms with Crippen molar-refractivity contribution in [2.75, 3.05) is 0 Å². The van der Waals surface area contributed by atoms with Gasteiger partial charge in [-0.3, -0.25) is 4.79 Å². The van der Waals surface area contributed by atoms with Gasteiger partial charge in [-0.25, -0.2) is 13.2 Å². The number of carbonyl (C=O) groups is 1. The molecule has 0 saturated heterocycles. The molecular formula is C14H9F3O. The summed E-state index contributed by atoms with van der Waals surface area (Å²) in [5.41, 5.74) is 0.153. The molecule has 2 rings (SSSR count). The van der Waals surface area contributed by atoms with Gasteiger partial charge >= 0.3 is 0 Å². The van der Waals surface area contributed by atoms with Gasteiger partial charge in [-0.2, -0.15) is 0 Å². The maximum absolute atomic E-state index is 13.6. The van der Waals surface area contributed by atoms with Crippen molar-refractivity contribution in [2.45, 2.75) is 6.92 Å².